The van der Waals surface area contributed by atoms with Gasteiger partial charge >= 0.3 is 0 Å². The number of phenols is 1. The smallest absolute Gasteiger partial charge is 0.221 e. The third kappa shape index (κ3) is 4.91. The van der Waals surface area contributed by atoms with E-state index in [0.29, 0.717) is 12.3 Å². The number of phenolic OH excluding ortho intramolecular Hbond substituents is 1. The van der Waals surface area contributed by atoms with E-state index in [0.717, 1.165) is 23.2 Å². The predicted octanol–water partition coefficient (Wildman–Crippen LogP) is 2.80. The van der Waals surface area contributed by atoms with Gasteiger partial charge in [-0.15, -0.1) is 0 Å². The first-order valence-corrected chi connectivity index (χ1v) is 6.60. The lowest BCUT2D eigenvalue weighted by molar-refractivity contribution is -0.114. The zero-order chi connectivity index (χ0) is 14.6. The van der Waals surface area contributed by atoms with Crippen LogP contribution in [0.3, 0.4) is 0 Å². The average molecular weight is 264 g/mol. The Morgan fingerprint density at radius 1 is 1.26 bits per heavy atom. The number of nitrogens with one attached hydrogen (secondary N) is 2. The number of anilines is 1. The van der Waals surface area contributed by atoms with Crippen molar-refractivity contribution < 1.29 is 9.90 Å². The van der Waals surface area contributed by atoms with Crippen molar-refractivity contribution in [2.24, 2.45) is 0 Å². The molecule has 0 saturated heterocycles. The standard InChI is InChI=1S/C15H24N2O2/c1-6-11-7-13(17-10(2)18)8-12(14(11)19)9-16-15(3,4)5/h7-8,16,19H,6,9H2,1-5H3,(H,17,18). The number of benzene rings is 1. The molecular weight excluding hydrogens is 240 g/mol. The van der Waals surface area contributed by atoms with Crippen LogP contribution < -0.4 is 10.6 Å². The van der Waals surface area contributed by atoms with E-state index in [-0.39, 0.29) is 11.4 Å². The molecule has 0 radical (unpaired) electrons. The largest absolute Gasteiger partial charge is 0.507 e. The molecule has 4 heteroatoms. The summed E-state index contributed by atoms with van der Waals surface area (Å²) in [5.74, 6) is 0.204. The van der Waals surface area contributed by atoms with E-state index in [4.69, 9.17) is 0 Å². The van der Waals surface area contributed by atoms with Gasteiger partial charge in [-0.3, -0.25) is 4.79 Å². The summed E-state index contributed by atoms with van der Waals surface area (Å²) in [6.07, 6.45) is 0.724. The zero-order valence-electron chi connectivity index (χ0n) is 12.4. The molecule has 4 nitrogen and oxygen atoms in total. The lowest BCUT2D eigenvalue weighted by Gasteiger charge is -2.22. The maximum atomic E-state index is 11.1. The minimum atomic E-state index is -0.109. The van der Waals surface area contributed by atoms with Crippen molar-refractivity contribution in [2.45, 2.75) is 53.1 Å². The van der Waals surface area contributed by atoms with Gasteiger partial charge in [0.05, 0.1) is 0 Å². The lowest BCUT2D eigenvalue weighted by Crippen LogP contribution is -2.35. The van der Waals surface area contributed by atoms with Gasteiger partial charge in [-0.25, -0.2) is 0 Å². The number of carbonyl (C=O) groups excluding carboxylic acids is 1. The molecule has 0 aliphatic carbocycles. The molecule has 1 rings (SSSR count). The second-order valence-corrected chi connectivity index (χ2v) is 5.78. The first-order chi connectivity index (χ1) is 8.73. The minimum absolute atomic E-state index is 0.0250. The van der Waals surface area contributed by atoms with Gasteiger partial charge in [-0.05, 0) is 44.9 Å². The topological polar surface area (TPSA) is 61.4 Å². The van der Waals surface area contributed by atoms with Gasteiger partial charge in [0, 0.05) is 30.3 Å². The normalized spacial score (nSPS) is 11.4. The van der Waals surface area contributed by atoms with E-state index in [1.54, 1.807) is 0 Å². The molecule has 3 N–H and O–H groups in total. The Morgan fingerprint density at radius 2 is 1.84 bits per heavy atom. The molecule has 0 aliphatic heterocycles. The molecule has 0 heterocycles. The zero-order valence-corrected chi connectivity index (χ0v) is 12.4. The van der Waals surface area contributed by atoms with Crippen molar-refractivity contribution in [3.05, 3.63) is 23.3 Å². The van der Waals surface area contributed by atoms with E-state index >= 15 is 0 Å². The summed E-state index contributed by atoms with van der Waals surface area (Å²) in [4.78, 5) is 11.1. The van der Waals surface area contributed by atoms with Crippen LogP contribution >= 0.6 is 0 Å². The quantitative estimate of drug-likeness (QED) is 0.733. The Morgan fingerprint density at radius 3 is 2.32 bits per heavy atom. The summed E-state index contributed by atoms with van der Waals surface area (Å²) in [5.41, 5.74) is 2.35. The third-order valence-corrected chi connectivity index (χ3v) is 2.78. The van der Waals surface area contributed by atoms with Crippen LogP contribution in [0.5, 0.6) is 5.75 Å². The van der Waals surface area contributed by atoms with Crippen LogP contribution in [-0.4, -0.2) is 16.6 Å². The maximum Gasteiger partial charge on any atom is 0.221 e. The van der Waals surface area contributed by atoms with Crippen LogP contribution in [0.1, 0.15) is 45.7 Å². The van der Waals surface area contributed by atoms with E-state index in [9.17, 15) is 9.90 Å². The predicted molar refractivity (Wildman–Crippen MR) is 78.4 cm³/mol. The molecule has 1 aromatic carbocycles. The highest BCUT2D eigenvalue weighted by atomic mass is 16.3. The van der Waals surface area contributed by atoms with Crippen molar-refractivity contribution in [2.75, 3.05) is 5.32 Å². The number of amides is 1. The van der Waals surface area contributed by atoms with E-state index in [2.05, 4.69) is 31.4 Å². The van der Waals surface area contributed by atoms with Gasteiger partial charge in [0.2, 0.25) is 5.91 Å². The van der Waals surface area contributed by atoms with E-state index < -0.39 is 0 Å². The molecule has 1 aromatic rings. The van der Waals surface area contributed by atoms with Crippen LogP contribution in [0.2, 0.25) is 0 Å². The summed E-state index contributed by atoms with van der Waals surface area (Å²) >= 11 is 0. The monoisotopic (exact) mass is 264 g/mol. The molecule has 0 unspecified atom stereocenters. The Kier molecular flexibility index (Phi) is 4.95. The molecule has 0 atom stereocenters. The van der Waals surface area contributed by atoms with Crippen molar-refractivity contribution in [1.82, 2.24) is 5.32 Å². The van der Waals surface area contributed by atoms with Gasteiger partial charge in [0.15, 0.2) is 0 Å². The van der Waals surface area contributed by atoms with Gasteiger partial charge < -0.3 is 15.7 Å². The summed E-state index contributed by atoms with van der Waals surface area (Å²) < 4.78 is 0. The fraction of sp³-hybridized carbons (Fsp3) is 0.533. The Hall–Kier alpha value is -1.55. The Balaban J connectivity index is 3.03. The number of aromatic hydroxyl groups is 1. The van der Waals surface area contributed by atoms with Crippen LogP contribution in [0, 0.1) is 0 Å². The van der Waals surface area contributed by atoms with Crippen LogP contribution in [0.25, 0.3) is 0 Å². The SMILES string of the molecule is CCc1cc(NC(C)=O)cc(CNC(C)(C)C)c1O. The van der Waals surface area contributed by atoms with Crippen molar-refractivity contribution in [3.63, 3.8) is 0 Å². The number of carbonyl (C=O) groups is 1. The minimum Gasteiger partial charge on any atom is -0.507 e. The second kappa shape index (κ2) is 6.06. The van der Waals surface area contributed by atoms with Gasteiger partial charge in [-0.2, -0.15) is 0 Å². The highest BCUT2D eigenvalue weighted by Gasteiger charge is 2.13. The van der Waals surface area contributed by atoms with Crippen LogP contribution in [-0.2, 0) is 17.8 Å². The highest BCUT2D eigenvalue weighted by Crippen LogP contribution is 2.28. The first-order valence-electron chi connectivity index (χ1n) is 6.60. The van der Waals surface area contributed by atoms with Crippen molar-refractivity contribution in [1.29, 1.82) is 0 Å². The number of hydrogen-bond acceptors (Lipinski definition) is 3. The van der Waals surface area contributed by atoms with Gasteiger partial charge in [0.25, 0.3) is 0 Å². The molecular formula is C15H24N2O2. The Labute approximate surface area is 115 Å². The average Bonchev–Trinajstić information content (AvgIpc) is 2.27. The fourth-order valence-corrected chi connectivity index (χ4v) is 1.80. The molecule has 106 valence electrons. The number of rotatable bonds is 4. The summed E-state index contributed by atoms with van der Waals surface area (Å²) in [5, 5.41) is 16.3. The van der Waals surface area contributed by atoms with Crippen LogP contribution in [0.15, 0.2) is 12.1 Å². The second-order valence-electron chi connectivity index (χ2n) is 5.78. The highest BCUT2D eigenvalue weighted by molar-refractivity contribution is 5.89. The van der Waals surface area contributed by atoms with Gasteiger partial charge in [-0.1, -0.05) is 6.92 Å². The number of aryl methyl sites for hydroxylation is 1. The first kappa shape index (κ1) is 15.5. The molecule has 0 aliphatic rings. The molecule has 0 fully saturated rings. The Bertz CT molecular complexity index is 462. The molecule has 0 bridgehead atoms. The summed E-state index contributed by atoms with van der Waals surface area (Å²) in [6, 6.07) is 3.63. The molecule has 19 heavy (non-hydrogen) atoms. The fourth-order valence-electron chi connectivity index (χ4n) is 1.80. The van der Waals surface area contributed by atoms with Crippen LogP contribution in [0.4, 0.5) is 5.69 Å². The molecule has 0 aromatic heterocycles. The van der Waals surface area contributed by atoms with E-state index in [1.165, 1.54) is 6.92 Å². The molecule has 0 saturated carbocycles. The summed E-state index contributed by atoms with van der Waals surface area (Å²) in [7, 11) is 0. The van der Waals surface area contributed by atoms with E-state index in [1.807, 2.05) is 19.1 Å². The summed E-state index contributed by atoms with van der Waals surface area (Å²) in [6.45, 7) is 10.2. The van der Waals surface area contributed by atoms with Crippen molar-refractivity contribution in [3.8, 4) is 5.75 Å². The third-order valence-electron chi connectivity index (χ3n) is 2.78. The molecule has 1 amide bonds. The van der Waals surface area contributed by atoms with Crippen molar-refractivity contribution >= 4 is 11.6 Å². The maximum absolute atomic E-state index is 11.1. The molecule has 0 spiro atoms. The lowest BCUT2D eigenvalue weighted by atomic mass is 10.0. The van der Waals surface area contributed by atoms with Gasteiger partial charge in [0.1, 0.15) is 5.75 Å². The number of hydrogen-bond donors (Lipinski definition) is 3.